The van der Waals surface area contributed by atoms with Crippen molar-refractivity contribution >= 4 is 27.3 Å². The SMILES string of the molecule is CCOc1ccc(CNc2cc([N+](=O)[O-])ccc2Br)cc1. The van der Waals surface area contributed by atoms with Crippen LogP contribution in [0.2, 0.25) is 0 Å². The highest BCUT2D eigenvalue weighted by Gasteiger charge is 2.09. The number of nitrogens with zero attached hydrogens (tertiary/aromatic N) is 1. The van der Waals surface area contributed by atoms with Crippen LogP contribution in [-0.4, -0.2) is 11.5 Å². The van der Waals surface area contributed by atoms with Crippen LogP contribution < -0.4 is 10.1 Å². The minimum Gasteiger partial charge on any atom is -0.494 e. The van der Waals surface area contributed by atoms with E-state index in [1.807, 2.05) is 31.2 Å². The molecule has 2 aromatic carbocycles. The van der Waals surface area contributed by atoms with Crippen molar-refractivity contribution in [1.29, 1.82) is 0 Å². The second kappa shape index (κ2) is 7.08. The van der Waals surface area contributed by atoms with Crippen molar-refractivity contribution in [2.75, 3.05) is 11.9 Å². The third kappa shape index (κ3) is 4.19. The molecule has 21 heavy (non-hydrogen) atoms. The number of benzene rings is 2. The molecule has 0 bridgehead atoms. The molecule has 0 atom stereocenters. The van der Waals surface area contributed by atoms with Crippen LogP contribution in [0.25, 0.3) is 0 Å². The van der Waals surface area contributed by atoms with Gasteiger partial charge in [0.2, 0.25) is 0 Å². The number of nitrogens with one attached hydrogen (secondary N) is 1. The molecule has 0 aromatic heterocycles. The van der Waals surface area contributed by atoms with Crippen molar-refractivity contribution in [2.24, 2.45) is 0 Å². The molecular formula is C15H15BrN2O3. The average molecular weight is 351 g/mol. The summed E-state index contributed by atoms with van der Waals surface area (Å²) >= 11 is 3.38. The maximum Gasteiger partial charge on any atom is 0.271 e. The largest absolute Gasteiger partial charge is 0.494 e. The first-order valence-corrected chi connectivity index (χ1v) is 7.29. The van der Waals surface area contributed by atoms with Crippen molar-refractivity contribution < 1.29 is 9.66 Å². The highest BCUT2D eigenvalue weighted by atomic mass is 79.9. The Bertz CT molecular complexity index is 629. The Balaban J connectivity index is 2.05. The molecule has 1 N–H and O–H groups in total. The second-order valence-electron chi connectivity index (χ2n) is 4.35. The summed E-state index contributed by atoms with van der Waals surface area (Å²) < 4.78 is 6.17. The molecule has 110 valence electrons. The number of hydrogen-bond acceptors (Lipinski definition) is 4. The molecule has 6 heteroatoms. The van der Waals surface area contributed by atoms with E-state index in [0.29, 0.717) is 18.8 Å². The Kier molecular flexibility index (Phi) is 5.16. The molecule has 0 radical (unpaired) electrons. The molecule has 0 amide bonds. The lowest BCUT2D eigenvalue weighted by atomic mass is 10.2. The normalized spacial score (nSPS) is 10.2. The second-order valence-corrected chi connectivity index (χ2v) is 5.21. The lowest BCUT2D eigenvalue weighted by molar-refractivity contribution is -0.384. The van der Waals surface area contributed by atoms with Crippen LogP contribution in [0, 0.1) is 10.1 Å². The Morgan fingerprint density at radius 3 is 2.57 bits per heavy atom. The van der Waals surface area contributed by atoms with Crippen LogP contribution in [0.1, 0.15) is 12.5 Å². The van der Waals surface area contributed by atoms with Crippen LogP contribution in [0.4, 0.5) is 11.4 Å². The van der Waals surface area contributed by atoms with E-state index in [4.69, 9.17) is 4.74 Å². The lowest BCUT2D eigenvalue weighted by Crippen LogP contribution is -2.01. The number of rotatable bonds is 6. The Labute approximate surface area is 131 Å². The van der Waals surface area contributed by atoms with Crippen molar-refractivity contribution in [3.05, 3.63) is 62.6 Å². The van der Waals surface area contributed by atoms with Gasteiger partial charge < -0.3 is 10.1 Å². The summed E-state index contributed by atoms with van der Waals surface area (Å²) in [6.07, 6.45) is 0. The summed E-state index contributed by atoms with van der Waals surface area (Å²) in [4.78, 5) is 10.4. The quantitative estimate of drug-likeness (QED) is 0.620. The first-order valence-electron chi connectivity index (χ1n) is 6.49. The van der Waals surface area contributed by atoms with E-state index in [-0.39, 0.29) is 5.69 Å². The molecular weight excluding hydrogens is 336 g/mol. The lowest BCUT2D eigenvalue weighted by Gasteiger charge is -2.09. The molecule has 5 nitrogen and oxygen atoms in total. The predicted molar refractivity (Wildman–Crippen MR) is 85.7 cm³/mol. The van der Waals surface area contributed by atoms with Crippen LogP contribution in [-0.2, 0) is 6.54 Å². The van der Waals surface area contributed by atoms with Crippen molar-refractivity contribution in [2.45, 2.75) is 13.5 Å². The summed E-state index contributed by atoms with van der Waals surface area (Å²) in [7, 11) is 0. The maximum atomic E-state index is 10.8. The summed E-state index contributed by atoms with van der Waals surface area (Å²) in [6.45, 7) is 3.15. The Morgan fingerprint density at radius 1 is 1.24 bits per heavy atom. The fraction of sp³-hybridized carbons (Fsp3) is 0.200. The zero-order chi connectivity index (χ0) is 15.2. The zero-order valence-corrected chi connectivity index (χ0v) is 13.1. The smallest absolute Gasteiger partial charge is 0.271 e. The predicted octanol–water partition coefficient (Wildman–Crippen LogP) is 4.37. The van der Waals surface area contributed by atoms with Crippen LogP contribution in [0.15, 0.2) is 46.9 Å². The molecule has 0 fully saturated rings. The van der Waals surface area contributed by atoms with Gasteiger partial charge in [0.25, 0.3) is 5.69 Å². The van der Waals surface area contributed by atoms with Gasteiger partial charge in [-0.1, -0.05) is 12.1 Å². The van der Waals surface area contributed by atoms with Gasteiger partial charge in [0, 0.05) is 23.2 Å². The number of hydrogen-bond donors (Lipinski definition) is 1. The summed E-state index contributed by atoms with van der Waals surface area (Å²) in [5, 5.41) is 14.0. The number of anilines is 1. The van der Waals surface area contributed by atoms with Crippen molar-refractivity contribution in [1.82, 2.24) is 0 Å². The van der Waals surface area contributed by atoms with E-state index in [0.717, 1.165) is 15.8 Å². The number of halogens is 1. The highest BCUT2D eigenvalue weighted by molar-refractivity contribution is 9.10. The van der Waals surface area contributed by atoms with Gasteiger partial charge in [-0.2, -0.15) is 0 Å². The minimum atomic E-state index is -0.408. The fourth-order valence-corrected chi connectivity index (χ4v) is 2.22. The van der Waals surface area contributed by atoms with Crippen molar-refractivity contribution in [3.63, 3.8) is 0 Å². The number of ether oxygens (including phenoxy) is 1. The molecule has 2 aromatic rings. The summed E-state index contributed by atoms with van der Waals surface area (Å²) in [5.74, 6) is 0.831. The molecule has 0 unspecified atom stereocenters. The van der Waals surface area contributed by atoms with E-state index in [9.17, 15) is 10.1 Å². The molecule has 0 aliphatic heterocycles. The standard InChI is InChI=1S/C15H15BrN2O3/c1-2-21-13-6-3-11(4-7-13)10-17-15-9-12(18(19)20)5-8-14(15)16/h3-9,17H,2,10H2,1H3. The molecule has 0 spiro atoms. The third-order valence-electron chi connectivity index (χ3n) is 2.88. The summed E-state index contributed by atoms with van der Waals surface area (Å²) in [5.41, 5.74) is 1.82. The first kappa shape index (κ1) is 15.3. The monoisotopic (exact) mass is 350 g/mol. The molecule has 0 saturated heterocycles. The molecule has 0 aliphatic carbocycles. The number of nitro groups is 1. The van der Waals surface area contributed by atoms with Gasteiger partial charge in [-0.25, -0.2) is 0 Å². The Hall–Kier alpha value is -2.08. The molecule has 0 heterocycles. The minimum absolute atomic E-state index is 0.0624. The topological polar surface area (TPSA) is 64.4 Å². The first-order chi connectivity index (χ1) is 10.1. The van der Waals surface area contributed by atoms with Crippen LogP contribution in [0.3, 0.4) is 0 Å². The molecule has 0 saturated carbocycles. The third-order valence-corrected chi connectivity index (χ3v) is 3.57. The van der Waals surface area contributed by atoms with E-state index in [1.54, 1.807) is 6.07 Å². The number of non-ortho nitro benzene ring substituents is 1. The molecule has 0 aliphatic rings. The Morgan fingerprint density at radius 2 is 1.95 bits per heavy atom. The fourth-order valence-electron chi connectivity index (χ4n) is 1.83. The van der Waals surface area contributed by atoms with Gasteiger partial charge in [-0.05, 0) is 46.6 Å². The van der Waals surface area contributed by atoms with E-state index >= 15 is 0 Å². The molecule has 2 rings (SSSR count). The van der Waals surface area contributed by atoms with Crippen LogP contribution >= 0.6 is 15.9 Å². The number of nitro benzene ring substituents is 1. The van der Waals surface area contributed by atoms with Gasteiger partial charge in [0.15, 0.2) is 0 Å². The van der Waals surface area contributed by atoms with Gasteiger partial charge in [0.05, 0.1) is 17.2 Å². The van der Waals surface area contributed by atoms with Gasteiger partial charge in [0.1, 0.15) is 5.75 Å². The maximum absolute atomic E-state index is 10.8. The van der Waals surface area contributed by atoms with Gasteiger partial charge >= 0.3 is 0 Å². The van der Waals surface area contributed by atoms with Gasteiger partial charge in [-0.3, -0.25) is 10.1 Å². The van der Waals surface area contributed by atoms with Gasteiger partial charge in [-0.15, -0.1) is 0 Å². The van der Waals surface area contributed by atoms with E-state index < -0.39 is 4.92 Å². The van der Waals surface area contributed by atoms with Crippen LogP contribution in [0.5, 0.6) is 5.75 Å². The van der Waals surface area contributed by atoms with Crippen molar-refractivity contribution in [3.8, 4) is 5.75 Å². The average Bonchev–Trinajstić information content (AvgIpc) is 2.48. The highest BCUT2D eigenvalue weighted by Crippen LogP contribution is 2.27. The zero-order valence-electron chi connectivity index (χ0n) is 11.5. The van der Waals surface area contributed by atoms with E-state index in [2.05, 4.69) is 21.2 Å². The van der Waals surface area contributed by atoms with E-state index in [1.165, 1.54) is 12.1 Å². The summed E-state index contributed by atoms with van der Waals surface area (Å²) in [6, 6.07) is 12.4.